The molecule has 0 fully saturated rings. The van der Waals surface area contributed by atoms with Gasteiger partial charge in [-0.1, -0.05) is 61.0 Å². The van der Waals surface area contributed by atoms with E-state index in [4.69, 9.17) is 21.1 Å². The molecule has 0 radical (unpaired) electrons. The SMILES string of the molecule is CCCC(Sc1nnc(-c2ccccc2Cl)n1-c1ccccc1OC)C(=O)OCC. The predicted molar refractivity (Wildman–Crippen MR) is 120 cm³/mol. The molecular formula is C22H24ClN3O3S. The minimum atomic E-state index is -0.383. The van der Waals surface area contributed by atoms with E-state index < -0.39 is 0 Å². The molecule has 0 spiro atoms. The molecule has 0 aliphatic carbocycles. The van der Waals surface area contributed by atoms with Crippen molar-refractivity contribution < 1.29 is 14.3 Å². The van der Waals surface area contributed by atoms with Crippen LogP contribution in [-0.2, 0) is 9.53 Å². The first-order valence-corrected chi connectivity index (χ1v) is 11.0. The van der Waals surface area contributed by atoms with E-state index in [9.17, 15) is 4.79 Å². The number of aromatic nitrogens is 3. The zero-order chi connectivity index (χ0) is 21.5. The first-order chi connectivity index (χ1) is 14.6. The zero-order valence-electron chi connectivity index (χ0n) is 17.2. The molecule has 6 nitrogen and oxygen atoms in total. The summed E-state index contributed by atoms with van der Waals surface area (Å²) in [5.74, 6) is 0.987. The van der Waals surface area contributed by atoms with Crippen LogP contribution < -0.4 is 4.74 Å². The fourth-order valence-corrected chi connectivity index (χ4v) is 4.42. The van der Waals surface area contributed by atoms with Crippen molar-refractivity contribution in [3.05, 3.63) is 53.6 Å². The van der Waals surface area contributed by atoms with Gasteiger partial charge in [0, 0.05) is 5.56 Å². The number of hydrogen-bond acceptors (Lipinski definition) is 6. The molecule has 1 heterocycles. The van der Waals surface area contributed by atoms with E-state index in [0.717, 1.165) is 17.7 Å². The van der Waals surface area contributed by atoms with Crippen molar-refractivity contribution >= 4 is 29.3 Å². The Labute approximate surface area is 185 Å². The molecule has 1 atom stereocenters. The Morgan fingerprint density at radius 3 is 2.57 bits per heavy atom. The number of halogens is 1. The molecule has 0 saturated carbocycles. The van der Waals surface area contributed by atoms with Gasteiger partial charge in [0.2, 0.25) is 0 Å². The maximum atomic E-state index is 12.5. The number of hydrogen-bond donors (Lipinski definition) is 0. The van der Waals surface area contributed by atoms with E-state index in [1.807, 2.05) is 60.0 Å². The number of rotatable bonds is 9. The smallest absolute Gasteiger partial charge is 0.319 e. The number of ether oxygens (including phenoxy) is 2. The van der Waals surface area contributed by atoms with Gasteiger partial charge in [-0.25, -0.2) is 0 Å². The first kappa shape index (κ1) is 22.2. The van der Waals surface area contributed by atoms with Gasteiger partial charge < -0.3 is 9.47 Å². The Kier molecular flexibility index (Phi) is 7.76. The number of nitrogens with zero attached hydrogens (tertiary/aromatic N) is 3. The first-order valence-electron chi connectivity index (χ1n) is 9.77. The average Bonchev–Trinajstić information content (AvgIpc) is 3.17. The van der Waals surface area contributed by atoms with Crippen LogP contribution in [-0.4, -0.2) is 39.7 Å². The summed E-state index contributed by atoms with van der Waals surface area (Å²) < 4.78 is 12.7. The van der Waals surface area contributed by atoms with Crippen molar-refractivity contribution in [2.75, 3.05) is 13.7 Å². The molecule has 0 bridgehead atoms. The van der Waals surface area contributed by atoms with Crippen LogP contribution >= 0.6 is 23.4 Å². The van der Waals surface area contributed by atoms with Gasteiger partial charge in [0.1, 0.15) is 11.0 Å². The molecule has 0 saturated heterocycles. The van der Waals surface area contributed by atoms with Crippen molar-refractivity contribution in [1.82, 2.24) is 14.8 Å². The highest BCUT2D eigenvalue weighted by Gasteiger charge is 2.26. The summed E-state index contributed by atoms with van der Waals surface area (Å²) in [6.07, 6.45) is 1.51. The zero-order valence-corrected chi connectivity index (χ0v) is 18.7. The topological polar surface area (TPSA) is 66.2 Å². The van der Waals surface area contributed by atoms with Gasteiger partial charge in [0.15, 0.2) is 11.0 Å². The highest BCUT2D eigenvalue weighted by molar-refractivity contribution is 8.00. The number of para-hydroxylation sites is 2. The lowest BCUT2D eigenvalue weighted by Crippen LogP contribution is -2.21. The summed E-state index contributed by atoms with van der Waals surface area (Å²) >= 11 is 7.79. The van der Waals surface area contributed by atoms with E-state index in [1.165, 1.54) is 11.8 Å². The Bertz CT molecular complexity index is 1010. The van der Waals surface area contributed by atoms with E-state index in [2.05, 4.69) is 10.2 Å². The number of methoxy groups -OCH3 is 1. The predicted octanol–water partition coefficient (Wildman–Crippen LogP) is 5.42. The lowest BCUT2D eigenvalue weighted by molar-refractivity contribution is -0.142. The molecule has 8 heteroatoms. The summed E-state index contributed by atoms with van der Waals surface area (Å²) in [6.45, 7) is 4.18. The largest absolute Gasteiger partial charge is 0.495 e. The molecule has 2 aromatic carbocycles. The third-order valence-corrected chi connectivity index (χ3v) is 5.94. The van der Waals surface area contributed by atoms with Crippen molar-refractivity contribution in [2.24, 2.45) is 0 Å². The maximum Gasteiger partial charge on any atom is 0.319 e. The molecule has 0 amide bonds. The molecule has 1 aromatic heterocycles. The van der Waals surface area contributed by atoms with Crippen molar-refractivity contribution in [3.63, 3.8) is 0 Å². The Hall–Kier alpha value is -2.51. The summed E-state index contributed by atoms with van der Waals surface area (Å²) in [7, 11) is 1.61. The van der Waals surface area contributed by atoms with Gasteiger partial charge in [0.25, 0.3) is 0 Å². The Morgan fingerprint density at radius 1 is 1.13 bits per heavy atom. The normalized spacial score (nSPS) is 11.9. The molecule has 30 heavy (non-hydrogen) atoms. The van der Waals surface area contributed by atoms with Crippen molar-refractivity contribution in [2.45, 2.75) is 37.1 Å². The second kappa shape index (κ2) is 10.5. The fourth-order valence-electron chi connectivity index (χ4n) is 3.04. The molecule has 0 aliphatic rings. The van der Waals surface area contributed by atoms with Gasteiger partial charge >= 0.3 is 5.97 Å². The van der Waals surface area contributed by atoms with Gasteiger partial charge in [0.05, 0.1) is 24.4 Å². The van der Waals surface area contributed by atoms with E-state index in [-0.39, 0.29) is 11.2 Å². The summed E-state index contributed by atoms with van der Waals surface area (Å²) in [5.41, 5.74) is 1.51. The number of carbonyl (C=O) groups excluding carboxylic acids is 1. The van der Waals surface area contributed by atoms with Crippen molar-refractivity contribution in [1.29, 1.82) is 0 Å². The molecule has 0 N–H and O–H groups in total. The van der Waals surface area contributed by atoms with E-state index in [1.54, 1.807) is 14.0 Å². The van der Waals surface area contributed by atoms with Crippen LogP contribution in [0.3, 0.4) is 0 Å². The molecule has 1 unspecified atom stereocenters. The van der Waals surface area contributed by atoms with Crippen molar-refractivity contribution in [3.8, 4) is 22.8 Å². The monoisotopic (exact) mass is 445 g/mol. The molecular weight excluding hydrogens is 422 g/mol. The number of benzene rings is 2. The van der Waals surface area contributed by atoms with Gasteiger partial charge in [-0.3, -0.25) is 9.36 Å². The molecule has 3 aromatic rings. The minimum absolute atomic E-state index is 0.252. The average molecular weight is 446 g/mol. The quantitative estimate of drug-likeness (QED) is 0.323. The maximum absolute atomic E-state index is 12.5. The highest BCUT2D eigenvalue weighted by Crippen LogP contribution is 2.36. The van der Waals surface area contributed by atoms with Gasteiger partial charge in [-0.05, 0) is 37.6 Å². The number of carbonyl (C=O) groups is 1. The van der Waals surface area contributed by atoms with Gasteiger partial charge in [-0.15, -0.1) is 10.2 Å². The second-order valence-corrected chi connectivity index (χ2v) is 8.02. The van der Waals surface area contributed by atoms with Crippen LogP contribution in [0.1, 0.15) is 26.7 Å². The minimum Gasteiger partial charge on any atom is -0.495 e. The van der Waals surface area contributed by atoms with Crippen LogP contribution in [0, 0.1) is 0 Å². The summed E-state index contributed by atoms with van der Waals surface area (Å²) in [4.78, 5) is 12.5. The van der Waals surface area contributed by atoms with E-state index in [0.29, 0.717) is 34.8 Å². The fraction of sp³-hybridized carbons (Fsp3) is 0.318. The lowest BCUT2D eigenvalue weighted by atomic mass is 10.2. The second-order valence-electron chi connectivity index (χ2n) is 6.44. The third kappa shape index (κ3) is 4.79. The molecule has 3 rings (SSSR count). The van der Waals surface area contributed by atoms with Crippen LogP contribution in [0.15, 0.2) is 53.7 Å². The van der Waals surface area contributed by atoms with Gasteiger partial charge in [-0.2, -0.15) is 0 Å². The summed E-state index contributed by atoms with van der Waals surface area (Å²) in [5, 5.41) is 9.57. The Morgan fingerprint density at radius 2 is 1.87 bits per heavy atom. The Balaban J connectivity index is 2.14. The number of esters is 1. The summed E-state index contributed by atoms with van der Waals surface area (Å²) in [6, 6.07) is 15.1. The lowest BCUT2D eigenvalue weighted by Gasteiger charge is -2.17. The van der Waals surface area contributed by atoms with Crippen LogP contribution in [0.4, 0.5) is 0 Å². The highest BCUT2D eigenvalue weighted by atomic mass is 35.5. The number of thioether (sulfide) groups is 1. The van der Waals surface area contributed by atoms with Crippen LogP contribution in [0.5, 0.6) is 5.75 Å². The molecule has 158 valence electrons. The van der Waals surface area contributed by atoms with Crippen LogP contribution in [0.2, 0.25) is 5.02 Å². The van der Waals surface area contributed by atoms with E-state index >= 15 is 0 Å². The third-order valence-electron chi connectivity index (χ3n) is 4.42. The standard InChI is InChI=1S/C22H24ClN3O3S/c1-4-10-19(21(27)29-5-2)30-22-25-24-20(15-11-6-7-12-16(15)23)26(22)17-13-8-9-14-18(17)28-3/h6-9,11-14,19H,4-5,10H2,1-3H3. The molecule has 0 aliphatic heterocycles. The van der Waals surface area contributed by atoms with Crippen LogP contribution in [0.25, 0.3) is 17.1 Å².